The lowest BCUT2D eigenvalue weighted by Crippen LogP contribution is -2.16. The molecule has 1 unspecified atom stereocenters. The SMILES string of the molecule is CCCCCC(C)Nc1nc2sccn2c1[N+](=O)[O-]. The highest BCUT2D eigenvalue weighted by molar-refractivity contribution is 7.15. The van der Waals surface area contributed by atoms with E-state index in [4.69, 9.17) is 0 Å². The molecule has 104 valence electrons. The Bertz CT molecular complexity index is 563. The van der Waals surface area contributed by atoms with Gasteiger partial charge in [0.25, 0.3) is 4.96 Å². The van der Waals surface area contributed by atoms with Crippen LogP contribution in [-0.2, 0) is 0 Å². The van der Waals surface area contributed by atoms with Gasteiger partial charge in [-0.05, 0) is 18.3 Å². The molecule has 19 heavy (non-hydrogen) atoms. The summed E-state index contributed by atoms with van der Waals surface area (Å²) in [6.45, 7) is 4.19. The third-order valence-electron chi connectivity index (χ3n) is 3.03. The van der Waals surface area contributed by atoms with E-state index in [9.17, 15) is 10.1 Å². The second-order valence-electron chi connectivity index (χ2n) is 4.64. The number of aromatic nitrogens is 2. The molecule has 2 aromatic rings. The Morgan fingerprint density at radius 1 is 1.58 bits per heavy atom. The molecule has 0 fully saturated rings. The molecule has 2 heterocycles. The summed E-state index contributed by atoms with van der Waals surface area (Å²) >= 11 is 1.40. The Morgan fingerprint density at radius 2 is 2.37 bits per heavy atom. The molecule has 0 aliphatic rings. The number of nitrogens with zero attached hydrogens (tertiary/aromatic N) is 3. The first kappa shape index (κ1) is 13.8. The molecule has 0 saturated heterocycles. The first-order valence-corrected chi connectivity index (χ1v) is 7.38. The monoisotopic (exact) mass is 282 g/mol. The van der Waals surface area contributed by atoms with Gasteiger partial charge in [-0.1, -0.05) is 37.5 Å². The fraction of sp³-hybridized carbons (Fsp3) is 0.583. The fourth-order valence-electron chi connectivity index (χ4n) is 2.05. The Kier molecular flexibility index (Phi) is 4.36. The quantitative estimate of drug-likeness (QED) is 0.477. The normalized spacial score (nSPS) is 12.7. The van der Waals surface area contributed by atoms with Gasteiger partial charge in [-0.15, -0.1) is 0 Å². The molecule has 0 radical (unpaired) electrons. The Hall–Kier alpha value is -1.63. The molecule has 0 spiro atoms. The number of hydrogen-bond acceptors (Lipinski definition) is 5. The zero-order valence-corrected chi connectivity index (χ0v) is 11.9. The van der Waals surface area contributed by atoms with Crippen molar-refractivity contribution in [2.75, 3.05) is 5.32 Å². The van der Waals surface area contributed by atoms with Crippen molar-refractivity contribution in [2.45, 2.75) is 45.6 Å². The van der Waals surface area contributed by atoms with Gasteiger partial charge < -0.3 is 15.4 Å². The van der Waals surface area contributed by atoms with Crippen LogP contribution in [-0.4, -0.2) is 20.3 Å². The molecule has 0 aliphatic carbocycles. The first-order valence-electron chi connectivity index (χ1n) is 6.50. The Balaban J connectivity index is 2.13. The van der Waals surface area contributed by atoms with E-state index in [-0.39, 0.29) is 16.8 Å². The molecule has 0 saturated carbocycles. The van der Waals surface area contributed by atoms with Crippen LogP contribution in [0, 0.1) is 10.1 Å². The minimum Gasteiger partial charge on any atom is -0.360 e. The first-order chi connectivity index (χ1) is 9.13. The van der Waals surface area contributed by atoms with Crippen LogP contribution in [0.5, 0.6) is 0 Å². The highest BCUT2D eigenvalue weighted by Crippen LogP contribution is 2.28. The standard InChI is InChI=1S/C12H18N4O2S/c1-3-4-5-6-9(2)13-10-11(16(17)18)15-7-8-19-12(15)14-10/h7-9,13H,3-6H2,1-2H3. The van der Waals surface area contributed by atoms with E-state index in [2.05, 4.69) is 17.2 Å². The van der Waals surface area contributed by atoms with Gasteiger partial charge in [-0.3, -0.25) is 0 Å². The summed E-state index contributed by atoms with van der Waals surface area (Å²) in [6, 6.07) is 0.190. The highest BCUT2D eigenvalue weighted by Gasteiger charge is 2.24. The second-order valence-corrected chi connectivity index (χ2v) is 5.51. The molecule has 6 nitrogen and oxygen atoms in total. The number of thiazole rings is 1. The van der Waals surface area contributed by atoms with Crippen LogP contribution in [0.1, 0.15) is 39.5 Å². The van der Waals surface area contributed by atoms with Gasteiger partial charge in [0.05, 0.1) is 0 Å². The zero-order chi connectivity index (χ0) is 13.8. The van der Waals surface area contributed by atoms with Crippen molar-refractivity contribution in [1.29, 1.82) is 0 Å². The lowest BCUT2D eigenvalue weighted by Gasteiger charge is -2.12. The minimum atomic E-state index is -0.381. The summed E-state index contributed by atoms with van der Waals surface area (Å²) in [7, 11) is 0. The number of unbranched alkanes of at least 4 members (excludes halogenated alkanes) is 2. The molecule has 7 heteroatoms. The summed E-state index contributed by atoms with van der Waals surface area (Å²) in [5.74, 6) is 0.402. The van der Waals surface area contributed by atoms with Crippen molar-refractivity contribution in [3.05, 3.63) is 21.7 Å². The highest BCUT2D eigenvalue weighted by atomic mass is 32.1. The van der Waals surface area contributed by atoms with E-state index < -0.39 is 0 Å². The number of anilines is 1. The van der Waals surface area contributed by atoms with Crippen molar-refractivity contribution in [1.82, 2.24) is 9.38 Å². The van der Waals surface area contributed by atoms with E-state index in [0.717, 1.165) is 12.8 Å². The lowest BCUT2D eigenvalue weighted by molar-refractivity contribution is -0.389. The van der Waals surface area contributed by atoms with Crippen LogP contribution in [0.3, 0.4) is 0 Å². The molecule has 2 aromatic heterocycles. The molecule has 0 amide bonds. The third kappa shape index (κ3) is 3.04. The summed E-state index contributed by atoms with van der Waals surface area (Å²) in [5.41, 5.74) is 0. The van der Waals surface area contributed by atoms with Gasteiger partial charge in [-0.25, -0.2) is 0 Å². The summed E-state index contributed by atoms with van der Waals surface area (Å²) in [5, 5.41) is 16.1. The smallest absolute Gasteiger partial charge is 0.360 e. The second kappa shape index (κ2) is 6.01. The van der Waals surface area contributed by atoms with Crippen molar-refractivity contribution in [3.63, 3.8) is 0 Å². The average molecular weight is 282 g/mol. The number of hydrogen-bond donors (Lipinski definition) is 1. The lowest BCUT2D eigenvalue weighted by atomic mass is 10.1. The molecule has 2 rings (SSSR count). The van der Waals surface area contributed by atoms with Gasteiger partial charge in [-0.2, -0.15) is 9.38 Å². The minimum absolute atomic E-state index is 0.0265. The van der Waals surface area contributed by atoms with E-state index in [1.165, 1.54) is 28.6 Å². The van der Waals surface area contributed by atoms with Crippen LogP contribution in [0.2, 0.25) is 0 Å². The maximum atomic E-state index is 11.1. The van der Waals surface area contributed by atoms with Gasteiger partial charge >= 0.3 is 5.82 Å². The van der Waals surface area contributed by atoms with E-state index in [1.54, 1.807) is 11.6 Å². The van der Waals surface area contributed by atoms with Gasteiger partial charge in [0.15, 0.2) is 0 Å². The van der Waals surface area contributed by atoms with Crippen molar-refractivity contribution < 1.29 is 4.92 Å². The van der Waals surface area contributed by atoms with Crippen molar-refractivity contribution in [2.24, 2.45) is 0 Å². The van der Waals surface area contributed by atoms with Crippen molar-refractivity contribution in [3.8, 4) is 0 Å². The number of nitro groups is 1. The van der Waals surface area contributed by atoms with E-state index >= 15 is 0 Å². The van der Waals surface area contributed by atoms with Crippen LogP contribution < -0.4 is 5.32 Å². The predicted molar refractivity (Wildman–Crippen MR) is 77.0 cm³/mol. The summed E-state index contributed by atoms with van der Waals surface area (Å²) in [6.07, 6.45) is 6.16. The van der Waals surface area contributed by atoms with Crippen LogP contribution >= 0.6 is 11.3 Å². The average Bonchev–Trinajstić information content (AvgIpc) is 2.88. The molecule has 1 N–H and O–H groups in total. The number of imidazole rings is 1. The Labute approximate surface area is 115 Å². The molecule has 1 atom stereocenters. The van der Waals surface area contributed by atoms with Crippen LogP contribution in [0.15, 0.2) is 11.6 Å². The summed E-state index contributed by atoms with van der Waals surface area (Å²) < 4.78 is 1.52. The van der Waals surface area contributed by atoms with Crippen LogP contribution in [0.25, 0.3) is 4.96 Å². The Morgan fingerprint density at radius 3 is 3.05 bits per heavy atom. The van der Waals surface area contributed by atoms with Crippen molar-refractivity contribution >= 4 is 27.9 Å². The zero-order valence-electron chi connectivity index (χ0n) is 11.1. The number of rotatable bonds is 7. The van der Waals surface area contributed by atoms with Gasteiger partial charge in [0.2, 0.25) is 5.82 Å². The van der Waals surface area contributed by atoms with E-state index in [1.807, 2.05) is 6.92 Å². The summed E-state index contributed by atoms with van der Waals surface area (Å²) in [4.78, 5) is 15.7. The van der Waals surface area contributed by atoms with Gasteiger partial charge in [0, 0.05) is 11.4 Å². The van der Waals surface area contributed by atoms with Crippen LogP contribution in [0.4, 0.5) is 11.6 Å². The maximum absolute atomic E-state index is 11.1. The molecule has 0 aromatic carbocycles. The third-order valence-corrected chi connectivity index (χ3v) is 3.79. The molecule has 0 aliphatic heterocycles. The number of nitrogens with one attached hydrogen (secondary N) is 1. The van der Waals surface area contributed by atoms with Gasteiger partial charge in [0.1, 0.15) is 6.20 Å². The van der Waals surface area contributed by atoms with E-state index in [0.29, 0.717) is 10.8 Å². The number of fused-ring (bicyclic) bond motifs is 1. The molecule has 0 bridgehead atoms. The maximum Gasteiger partial charge on any atom is 0.372 e. The molecular weight excluding hydrogens is 264 g/mol. The molecular formula is C12H18N4O2S. The largest absolute Gasteiger partial charge is 0.372 e. The predicted octanol–water partition coefficient (Wildman–Crippen LogP) is 3.68. The topological polar surface area (TPSA) is 72.5 Å². The fourth-order valence-corrected chi connectivity index (χ4v) is 2.76.